The molecule has 0 saturated carbocycles. The van der Waals surface area contributed by atoms with Gasteiger partial charge in [-0.2, -0.15) is 0 Å². The molecule has 1 aliphatic heterocycles. The lowest BCUT2D eigenvalue weighted by Gasteiger charge is -2.04. The summed E-state index contributed by atoms with van der Waals surface area (Å²) >= 11 is 0. The van der Waals surface area contributed by atoms with Crippen LogP contribution in [0.4, 0.5) is 4.39 Å². The van der Waals surface area contributed by atoms with Crippen molar-refractivity contribution in [3.63, 3.8) is 0 Å². The van der Waals surface area contributed by atoms with Gasteiger partial charge in [-0.1, -0.05) is 36.4 Å². The number of ether oxygens (including phenoxy) is 2. The van der Waals surface area contributed by atoms with Crippen molar-refractivity contribution in [2.75, 3.05) is 6.79 Å². The van der Waals surface area contributed by atoms with Gasteiger partial charge in [0.15, 0.2) is 17.3 Å². The van der Waals surface area contributed by atoms with E-state index in [2.05, 4.69) is 0 Å². The Morgan fingerprint density at radius 3 is 2.44 bits per heavy atom. The Hall–Kier alpha value is -3.40. The zero-order valence-electron chi connectivity index (χ0n) is 14.7. The van der Waals surface area contributed by atoms with Crippen LogP contribution in [0, 0.1) is 12.7 Å². The molecule has 3 aromatic rings. The monoisotopic (exact) mass is 360 g/mol. The number of ketones is 1. The van der Waals surface area contributed by atoms with E-state index in [0.717, 1.165) is 16.7 Å². The van der Waals surface area contributed by atoms with Crippen molar-refractivity contribution in [1.82, 2.24) is 0 Å². The van der Waals surface area contributed by atoms with Crippen LogP contribution in [0.15, 0.2) is 66.7 Å². The highest BCUT2D eigenvalue weighted by Crippen LogP contribution is 2.32. The minimum absolute atomic E-state index is 0.105. The van der Waals surface area contributed by atoms with Crippen LogP contribution in [0.3, 0.4) is 0 Å². The van der Waals surface area contributed by atoms with Gasteiger partial charge in [0.1, 0.15) is 5.82 Å². The molecule has 134 valence electrons. The maximum atomic E-state index is 13.4. The predicted octanol–water partition coefficient (Wildman–Crippen LogP) is 5.43. The van der Waals surface area contributed by atoms with E-state index < -0.39 is 0 Å². The maximum Gasteiger partial charge on any atom is 0.231 e. The largest absolute Gasteiger partial charge is 0.454 e. The van der Waals surface area contributed by atoms with Crippen molar-refractivity contribution in [1.29, 1.82) is 0 Å². The molecule has 0 amide bonds. The van der Waals surface area contributed by atoms with Crippen LogP contribution in [0.2, 0.25) is 0 Å². The van der Waals surface area contributed by atoms with E-state index in [1.165, 1.54) is 12.1 Å². The van der Waals surface area contributed by atoms with Crippen LogP contribution in [-0.4, -0.2) is 12.6 Å². The van der Waals surface area contributed by atoms with Crippen molar-refractivity contribution in [2.45, 2.75) is 6.92 Å². The van der Waals surface area contributed by atoms with Crippen LogP contribution in [0.25, 0.3) is 17.2 Å². The lowest BCUT2D eigenvalue weighted by Crippen LogP contribution is -1.94. The third-order valence-electron chi connectivity index (χ3n) is 4.49. The highest BCUT2D eigenvalue weighted by molar-refractivity contribution is 6.07. The highest BCUT2D eigenvalue weighted by atomic mass is 19.1. The number of rotatable bonds is 4. The van der Waals surface area contributed by atoms with E-state index in [1.54, 1.807) is 37.3 Å². The number of benzene rings is 3. The summed E-state index contributed by atoms with van der Waals surface area (Å²) in [4.78, 5) is 12.4. The Balaban J connectivity index is 1.49. The van der Waals surface area contributed by atoms with Crippen LogP contribution >= 0.6 is 0 Å². The molecular weight excluding hydrogens is 343 g/mol. The molecule has 0 aliphatic carbocycles. The van der Waals surface area contributed by atoms with Crippen LogP contribution < -0.4 is 9.47 Å². The summed E-state index contributed by atoms with van der Waals surface area (Å²) < 4.78 is 24.0. The van der Waals surface area contributed by atoms with Gasteiger partial charge in [-0.15, -0.1) is 0 Å². The molecule has 3 aromatic carbocycles. The Kier molecular flexibility index (Phi) is 4.47. The Bertz CT molecular complexity index is 1040. The topological polar surface area (TPSA) is 35.5 Å². The van der Waals surface area contributed by atoms with Crippen LogP contribution in [0.5, 0.6) is 11.5 Å². The van der Waals surface area contributed by atoms with Gasteiger partial charge in [-0.25, -0.2) is 4.39 Å². The molecule has 1 heterocycles. The summed E-state index contributed by atoms with van der Waals surface area (Å²) in [6.07, 6.45) is 3.31. The van der Waals surface area contributed by atoms with Crippen molar-refractivity contribution in [2.24, 2.45) is 0 Å². The van der Waals surface area contributed by atoms with E-state index in [4.69, 9.17) is 9.47 Å². The first-order valence-electron chi connectivity index (χ1n) is 8.59. The molecule has 27 heavy (non-hydrogen) atoms. The summed E-state index contributed by atoms with van der Waals surface area (Å²) in [5.41, 5.74) is 4.03. The van der Waals surface area contributed by atoms with E-state index >= 15 is 0 Å². The average Bonchev–Trinajstić information content (AvgIpc) is 3.16. The standard InChI is InChI=1S/C23H17FO3/c1-15-12-18(7-9-20(15)24)17-5-2-16(3-6-17)4-10-21(25)19-8-11-22-23(13-19)27-14-26-22/h2-13H,14H2,1H3/b10-4+. The maximum absolute atomic E-state index is 13.4. The molecular formula is C23H17FO3. The Morgan fingerprint density at radius 1 is 0.926 bits per heavy atom. The number of halogens is 1. The third kappa shape index (κ3) is 3.60. The number of hydrogen-bond acceptors (Lipinski definition) is 3. The fourth-order valence-electron chi connectivity index (χ4n) is 2.93. The molecule has 0 atom stereocenters. The number of aryl methyl sites for hydroxylation is 1. The van der Waals surface area contributed by atoms with Gasteiger partial charge < -0.3 is 9.47 Å². The second-order valence-corrected chi connectivity index (χ2v) is 6.35. The lowest BCUT2D eigenvalue weighted by molar-refractivity contribution is 0.104. The van der Waals surface area contributed by atoms with Crippen molar-refractivity contribution in [3.05, 3.63) is 89.2 Å². The third-order valence-corrected chi connectivity index (χ3v) is 4.49. The Morgan fingerprint density at radius 2 is 1.67 bits per heavy atom. The second-order valence-electron chi connectivity index (χ2n) is 6.35. The molecule has 0 radical (unpaired) electrons. The molecule has 0 fully saturated rings. The van der Waals surface area contributed by atoms with Gasteiger partial charge in [0.05, 0.1) is 0 Å². The smallest absolute Gasteiger partial charge is 0.231 e. The molecule has 4 heteroatoms. The summed E-state index contributed by atoms with van der Waals surface area (Å²) in [5.74, 6) is 0.933. The zero-order valence-corrected chi connectivity index (χ0v) is 14.7. The van der Waals surface area contributed by atoms with Crippen LogP contribution in [0.1, 0.15) is 21.5 Å². The first-order valence-corrected chi connectivity index (χ1v) is 8.59. The minimum Gasteiger partial charge on any atom is -0.454 e. The van der Waals surface area contributed by atoms with E-state index in [9.17, 15) is 9.18 Å². The molecule has 0 unspecified atom stereocenters. The molecule has 0 saturated heterocycles. The van der Waals surface area contributed by atoms with E-state index in [1.807, 2.05) is 30.3 Å². The van der Waals surface area contributed by atoms with Gasteiger partial charge in [0, 0.05) is 5.56 Å². The molecule has 0 N–H and O–H groups in total. The Labute approximate surface area is 156 Å². The number of carbonyl (C=O) groups is 1. The van der Waals surface area contributed by atoms with E-state index in [-0.39, 0.29) is 18.4 Å². The zero-order chi connectivity index (χ0) is 18.8. The predicted molar refractivity (Wildman–Crippen MR) is 103 cm³/mol. The van der Waals surface area contributed by atoms with Crippen molar-refractivity contribution < 1.29 is 18.7 Å². The van der Waals surface area contributed by atoms with Crippen LogP contribution in [-0.2, 0) is 0 Å². The second kappa shape index (κ2) is 7.08. The fourth-order valence-corrected chi connectivity index (χ4v) is 2.93. The molecule has 0 bridgehead atoms. The van der Waals surface area contributed by atoms with Gasteiger partial charge >= 0.3 is 0 Å². The van der Waals surface area contributed by atoms with Gasteiger partial charge in [-0.3, -0.25) is 4.79 Å². The number of allylic oxidation sites excluding steroid dienone is 1. The average molecular weight is 360 g/mol. The fraction of sp³-hybridized carbons (Fsp3) is 0.0870. The first-order chi connectivity index (χ1) is 13.1. The van der Waals surface area contributed by atoms with Gasteiger partial charge in [0.25, 0.3) is 0 Å². The summed E-state index contributed by atoms with van der Waals surface area (Å²) in [5, 5.41) is 0. The normalized spacial score (nSPS) is 12.5. The summed E-state index contributed by atoms with van der Waals surface area (Å²) in [6.45, 7) is 1.93. The van der Waals surface area contributed by atoms with Crippen molar-refractivity contribution >= 4 is 11.9 Å². The quantitative estimate of drug-likeness (QED) is 0.460. The molecule has 3 nitrogen and oxygen atoms in total. The SMILES string of the molecule is Cc1cc(-c2ccc(/C=C/C(=O)c3ccc4c(c3)OCO4)cc2)ccc1F. The van der Waals surface area contributed by atoms with E-state index in [0.29, 0.717) is 22.6 Å². The molecule has 0 spiro atoms. The van der Waals surface area contributed by atoms with Gasteiger partial charge in [0.2, 0.25) is 6.79 Å². The summed E-state index contributed by atoms with van der Waals surface area (Å²) in [7, 11) is 0. The number of carbonyl (C=O) groups excluding carboxylic acids is 1. The van der Waals surface area contributed by atoms with Gasteiger partial charge in [-0.05, 0) is 65.6 Å². The molecule has 4 rings (SSSR count). The molecule has 1 aliphatic rings. The number of hydrogen-bond donors (Lipinski definition) is 0. The molecule has 0 aromatic heterocycles. The first kappa shape index (κ1) is 17.0. The number of fused-ring (bicyclic) bond motifs is 1. The minimum atomic E-state index is -0.208. The lowest BCUT2D eigenvalue weighted by atomic mass is 10.0. The summed E-state index contributed by atoms with van der Waals surface area (Å²) in [6, 6.07) is 18.0. The van der Waals surface area contributed by atoms with Crippen molar-refractivity contribution in [3.8, 4) is 22.6 Å². The highest BCUT2D eigenvalue weighted by Gasteiger charge is 2.15.